The number of aliphatic imine (C=N–C) groups is 1. The summed E-state index contributed by atoms with van der Waals surface area (Å²) in [6.07, 6.45) is 0. The molecule has 1 aliphatic heterocycles. The summed E-state index contributed by atoms with van der Waals surface area (Å²) in [6.45, 7) is 0. The molecule has 5 rings (SSSR count). The number of amidine groups is 1. The number of nitrogens with zero attached hydrogens (tertiary/aromatic N) is 2. The summed E-state index contributed by atoms with van der Waals surface area (Å²) in [6, 6.07) is 32.9. The Balaban J connectivity index is 1.80. The van der Waals surface area contributed by atoms with Crippen molar-refractivity contribution in [3.8, 4) is 0 Å². The quantitative estimate of drug-likeness (QED) is 0.527. The van der Waals surface area contributed by atoms with Gasteiger partial charge in [0, 0.05) is 16.7 Å². The largest absolute Gasteiger partial charge is 0.260 e. The van der Waals surface area contributed by atoms with E-state index in [2.05, 4.69) is 54.0 Å². The van der Waals surface area contributed by atoms with Crippen molar-refractivity contribution >= 4 is 28.0 Å². The Hall–Kier alpha value is -3.72. The smallest absolute Gasteiger partial charge is 0.154 e. The number of hydrogen-bond acceptors (Lipinski definition) is 3. The second-order valence-corrected chi connectivity index (χ2v) is 6.45. The molecule has 4 aromatic carbocycles. The first-order chi connectivity index (χ1) is 13.4. The Kier molecular flexibility index (Phi) is 3.76. The topological polar surface area (TPSA) is 36.8 Å². The molecule has 0 unspecified atom stereocenters. The summed E-state index contributed by atoms with van der Waals surface area (Å²) in [5, 5.41) is 7.11. The number of nitrogens with one attached hydrogen (secondary N) is 1. The van der Waals surface area contributed by atoms with Crippen LogP contribution in [0.15, 0.2) is 107 Å². The summed E-state index contributed by atoms with van der Waals surface area (Å²) in [4.78, 5) is 4.93. The summed E-state index contributed by atoms with van der Waals surface area (Å²) in [5.74, 6) is 0.748. The molecule has 3 heteroatoms. The van der Waals surface area contributed by atoms with Crippen molar-refractivity contribution in [2.45, 2.75) is 0 Å². The summed E-state index contributed by atoms with van der Waals surface area (Å²) in [5.41, 5.74) is 8.14. The fraction of sp³-hybridized carbons (Fsp3) is 0. The summed E-state index contributed by atoms with van der Waals surface area (Å²) >= 11 is 0. The Morgan fingerprint density at radius 3 is 2.04 bits per heavy atom. The zero-order valence-corrected chi connectivity index (χ0v) is 14.6. The molecule has 0 aliphatic carbocycles. The van der Waals surface area contributed by atoms with E-state index in [4.69, 9.17) is 10.1 Å². The van der Waals surface area contributed by atoms with E-state index < -0.39 is 0 Å². The van der Waals surface area contributed by atoms with Gasteiger partial charge in [0.1, 0.15) is 5.71 Å². The maximum absolute atomic E-state index is 4.93. The molecule has 0 radical (unpaired) electrons. The number of benzene rings is 4. The normalized spacial score (nSPS) is 13.2. The first kappa shape index (κ1) is 15.5. The lowest BCUT2D eigenvalue weighted by molar-refractivity contribution is 1.03. The zero-order chi connectivity index (χ0) is 18.1. The molecule has 3 nitrogen and oxygen atoms in total. The first-order valence-electron chi connectivity index (χ1n) is 8.95. The third kappa shape index (κ3) is 2.79. The van der Waals surface area contributed by atoms with Crippen LogP contribution in [0.3, 0.4) is 0 Å². The van der Waals surface area contributed by atoms with Gasteiger partial charge >= 0.3 is 0 Å². The van der Waals surface area contributed by atoms with Gasteiger partial charge in [-0.2, -0.15) is 5.10 Å². The van der Waals surface area contributed by atoms with Gasteiger partial charge in [-0.25, -0.2) is 4.99 Å². The molecule has 1 aliphatic rings. The average molecular weight is 347 g/mol. The van der Waals surface area contributed by atoms with Gasteiger partial charge in [-0.1, -0.05) is 91.0 Å². The molecule has 0 saturated heterocycles. The number of hydrogen-bond donors (Lipinski definition) is 1. The van der Waals surface area contributed by atoms with Crippen molar-refractivity contribution in [3.63, 3.8) is 0 Å². The predicted octanol–water partition coefficient (Wildman–Crippen LogP) is 5.27. The maximum Gasteiger partial charge on any atom is 0.154 e. The van der Waals surface area contributed by atoms with Crippen molar-refractivity contribution < 1.29 is 0 Å². The fourth-order valence-electron chi connectivity index (χ4n) is 3.44. The van der Waals surface area contributed by atoms with E-state index in [9.17, 15) is 0 Å². The third-order valence-electron chi connectivity index (χ3n) is 4.74. The molecule has 0 saturated carbocycles. The van der Waals surface area contributed by atoms with Crippen LogP contribution < -0.4 is 5.43 Å². The van der Waals surface area contributed by atoms with Crippen LogP contribution in [0.1, 0.15) is 16.7 Å². The minimum Gasteiger partial charge on any atom is -0.260 e. The van der Waals surface area contributed by atoms with Crippen LogP contribution in [-0.4, -0.2) is 11.5 Å². The van der Waals surface area contributed by atoms with Gasteiger partial charge in [0.15, 0.2) is 5.84 Å². The highest BCUT2D eigenvalue weighted by Gasteiger charge is 2.19. The van der Waals surface area contributed by atoms with Gasteiger partial charge in [0.2, 0.25) is 0 Å². The number of fused-ring (bicyclic) bond motifs is 3. The van der Waals surface area contributed by atoms with Crippen LogP contribution in [0.5, 0.6) is 0 Å². The highest BCUT2D eigenvalue weighted by Crippen LogP contribution is 2.32. The highest BCUT2D eigenvalue weighted by atomic mass is 15.3. The summed E-state index contributed by atoms with van der Waals surface area (Å²) in [7, 11) is 0. The zero-order valence-electron chi connectivity index (χ0n) is 14.6. The van der Waals surface area contributed by atoms with Crippen LogP contribution >= 0.6 is 0 Å². The van der Waals surface area contributed by atoms with E-state index >= 15 is 0 Å². The molecular formula is C24H17N3. The second-order valence-electron chi connectivity index (χ2n) is 6.45. The molecule has 1 heterocycles. The first-order valence-corrected chi connectivity index (χ1v) is 8.95. The Morgan fingerprint density at radius 1 is 0.593 bits per heavy atom. The predicted molar refractivity (Wildman–Crippen MR) is 112 cm³/mol. The average Bonchev–Trinajstić information content (AvgIpc) is 2.95. The molecule has 27 heavy (non-hydrogen) atoms. The van der Waals surface area contributed by atoms with Gasteiger partial charge in [0.25, 0.3) is 0 Å². The van der Waals surface area contributed by atoms with Crippen LogP contribution in [-0.2, 0) is 0 Å². The lowest BCUT2D eigenvalue weighted by Gasteiger charge is -2.11. The fourth-order valence-corrected chi connectivity index (χ4v) is 3.44. The molecule has 0 amide bonds. The van der Waals surface area contributed by atoms with Gasteiger partial charge in [-0.15, -0.1) is 0 Å². The van der Waals surface area contributed by atoms with E-state index in [0.717, 1.165) is 39.3 Å². The van der Waals surface area contributed by atoms with Crippen molar-refractivity contribution in [2.24, 2.45) is 10.1 Å². The maximum atomic E-state index is 4.93. The van der Waals surface area contributed by atoms with E-state index in [1.54, 1.807) is 0 Å². The Morgan fingerprint density at radius 2 is 1.26 bits per heavy atom. The van der Waals surface area contributed by atoms with Crippen LogP contribution in [0.4, 0.5) is 5.69 Å². The van der Waals surface area contributed by atoms with E-state index in [1.807, 2.05) is 48.5 Å². The molecule has 4 aromatic rings. The van der Waals surface area contributed by atoms with Crippen LogP contribution in [0.25, 0.3) is 10.8 Å². The minimum atomic E-state index is 0.748. The Bertz CT molecular complexity index is 1180. The SMILES string of the molecule is c1ccc(C2=Nc3ccc4ccccc4c3C(c3ccccc3)=NN2)cc1. The standard InChI is InChI=1S/C24H17N3/c1-3-10-18(11-4-1)23-22-20-14-8-7-9-17(20)15-16-21(22)25-24(27-26-23)19-12-5-2-6-13-19/h1-16H,(H,25,27). The molecule has 0 atom stereocenters. The highest BCUT2D eigenvalue weighted by molar-refractivity contribution is 6.23. The van der Waals surface area contributed by atoms with E-state index in [-0.39, 0.29) is 0 Å². The number of hydrazone groups is 1. The molecule has 0 fully saturated rings. The van der Waals surface area contributed by atoms with E-state index in [0.29, 0.717) is 0 Å². The van der Waals surface area contributed by atoms with Gasteiger partial charge < -0.3 is 0 Å². The monoisotopic (exact) mass is 347 g/mol. The molecule has 0 bridgehead atoms. The van der Waals surface area contributed by atoms with Crippen molar-refractivity contribution in [3.05, 3.63) is 114 Å². The third-order valence-corrected chi connectivity index (χ3v) is 4.74. The molecule has 0 spiro atoms. The molecule has 0 aromatic heterocycles. The van der Waals surface area contributed by atoms with Crippen LogP contribution in [0, 0.1) is 0 Å². The van der Waals surface area contributed by atoms with E-state index in [1.165, 1.54) is 5.39 Å². The number of rotatable bonds is 2. The van der Waals surface area contributed by atoms with Crippen molar-refractivity contribution in [2.75, 3.05) is 0 Å². The lowest BCUT2D eigenvalue weighted by atomic mass is 9.95. The van der Waals surface area contributed by atoms with Gasteiger partial charge in [0.05, 0.1) is 5.69 Å². The molecule has 1 N–H and O–H groups in total. The summed E-state index contributed by atoms with van der Waals surface area (Å²) < 4.78 is 0. The minimum absolute atomic E-state index is 0.748. The second kappa shape index (κ2) is 6.54. The van der Waals surface area contributed by atoms with Crippen molar-refractivity contribution in [1.29, 1.82) is 0 Å². The van der Waals surface area contributed by atoms with Crippen molar-refractivity contribution in [1.82, 2.24) is 5.43 Å². The molecule has 128 valence electrons. The molecular weight excluding hydrogens is 330 g/mol. The van der Waals surface area contributed by atoms with Gasteiger partial charge in [-0.05, 0) is 16.8 Å². The lowest BCUT2D eigenvalue weighted by Crippen LogP contribution is -2.19. The van der Waals surface area contributed by atoms with Crippen LogP contribution in [0.2, 0.25) is 0 Å². The Labute approximate surface area is 157 Å². The van der Waals surface area contributed by atoms with Gasteiger partial charge in [-0.3, -0.25) is 5.43 Å².